The third kappa shape index (κ3) is 3.62. The molecule has 1 aliphatic rings. The average Bonchev–Trinajstić information content (AvgIpc) is 3.24. The first kappa shape index (κ1) is 13.7. The highest BCUT2D eigenvalue weighted by molar-refractivity contribution is 5.65. The van der Waals surface area contributed by atoms with Crippen molar-refractivity contribution in [1.82, 2.24) is 9.97 Å². The van der Waals surface area contributed by atoms with E-state index in [1.165, 1.54) is 12.8 Å². The minimum Gasteiger partial charge on any atom is -0.492 e. The molecule has 0 bridgehead atoms. The Morgan fingerprint density at radius 1 is 1.19 bits per heavy atom. The van der Waals surface area contributed by atoms with Crippen LogP contribution in [0.15, 0.2) is 30.3 Å². The van der Waals surface area contributed by atoms with Crippen molar-refractivity contribution in [2.45, 2.75) is 32.7 Å². The van der Waals surface area contributed by atoms with Gasteiger partial charge in [0.05, 0.1) is 12.3 Å². The van der Waals surface area contributed by atoms with Crippen LogP contribution in [0.2, 0.25) is 0 Å². The quantitative estimate of drug-likeness (QED) is 0.850. The molecule has 21 heavy (non-hydrogen) atoms. The van der Waals surface area contributed by atoms with Gasteiger partial charge >= 0.3 is 0 Å². The summed E-state index contributed by atoms with van der Waals surface area (Å²) in [5, 5.41) is 6.72. The van der Waals surface area contributed by atoms with Crippen LogP contribution >= 0.6 is 0 Å². The summed E-state index contributed by atoms with van der Waals surface area (Å²) in [7, 11) is 0. The second kappa shape index (κ2) is 5.99. The Kier molecular flexibility index (Phi) is 3.90. The van der Waals surface area contributed by atoms with Gasteiger partial charge in [-0.25, -0.2) is 9.97 Å². The zero-order valence-electron chi connectivity index (χ0n) is 12.4. The predicted octanol–water partition coefficient (Wildman–Crippen LogP) is 3.50. The molecule has 1 saturated carbocycles. The second-order valence-corrected chi connectivity index (χ2v) is 5.16. The number of rotatable bonds is 6. The number of anilines is 3. The number of nitrogens with one attached hydrogen (secondary N) is 2. The second-order valence-electron chi connectivity index (χ2n) is 5.16. The molecule has 0 saturated heterocycles. The number of nitrogens with zero attached hydrogens (tertiary/aromatic N) is 2. The lowest BCUT2D eigenvalue weighted by Crippen LogP contribution is -2.06. The molecule has 0 radical (unpaired) electrons. The highest BCUT2D eigenvalue weighted by Gasteiger charge is 2.21. The first-order chi connectivity index (χ1) is 10.2. The van der Waals surface area contributed by atoms with Crippen molar-refractivity contribution in [1.29, 1.82) is 0 Å². The molecule has 5 heteroatoms. The van der Waals surface area contributed by atoms with Gasteiger partial charge in [-0.15, -0.1) is 0 Å². The zero-order valence-corrected chi connectivity index (χ0v) is 12.4. The van der Waals surface area contributed by atoms with Gasteiger partial charge in [0, 0.05) is 12.1 Å². The fourth-order valence-electron chi connectivity index (χ4n) is 2.13. The summed E-state index contributed by atoms with van der Waals surface area (Å²) in [6.45, 7) is 4.51. The number of aromatic nitrogens is 2. The van der Waals surface area contributed by atoms with Gasteiger partial charge in [-0.3, -0.25) is 0 Å². The normalized spacial score (nSPS) is 13.8. The lowest BCUT2D eigenvalue weighted by atomic mass is 10.3. The van der Waals surface area contributed by atoms with Crippen molar-refractivity contribution in [2.24, 2.45) is 0 Å². The maximum Gasteiger partial charge on any atom is 0.142 e. The van der Waals surface area contributed by atoms with Crippen molar-refractivity contribution in [3.05, 3.63) is 36.2 Å². The van der Waals surface area contributed by atoms with Crippen molar-refractivity contribution >= 4 is 17.3 Å². The molecule has 1 fully saturated rings. The molecule has 2 N–H and O–H groups in total. The smallest absolute Gasteiger partial charge is 0.142 e. The van der Waals surface area contributed by atoms with Crippen molar-refractivity contribution in [3.8, 4) is 5.75 Å². The van der Waals surface area contributed by atoms with Crippen molar-refractivity contribution < 1.29 is 4.74 Å². The van der Waals surface area contributed by atoms with E-state index in [-0.39, 0.29) is 0 Å². The lowest BCUT2D eigenvalue weighted by molar-refractivity contribution is 0.342. The number of hydrogen-bond donors (Lipinski definition) is 2. The van der Waals surface area contributed by atoms with Crippen molar-refractivity contribution in [2.75, 3.05) is 17.2 Å². The summed E-state index contributed by atoms with van der Waals surface area (Å²) in [5.74, 6) is 3.23. The van der Waals surface area contributed by atoms with E-state index >= 15 is 0 Å². The molecule has 0 aliphatic heterocycles. The van der Waals surface area contributed by atoms with E-state index in [2.05, 4.69) is 20.6 Å². The van der Waals surface area contributed by atoms with Gasteiger partial charge in [0.1, 0.15) is 23.2 Å². The molecule has 0 spiro atoms. The minimum atomic E-state index is 0.572. The maximum atomic E-state index is 5.62. The lowest BCUT2D eigenvalue weighted by Gasteiger charge is -2.13. The fraction of sp³-hybridized carbons (Fsp3) is 0.375. The molecule has 0 amide bonds. The number of benzene rings is 1. The van der Waals surface area contributed by atoms with Gasteiger partial charge in [-0.2, -0.15) is 0 Å². The molecule has 5 nitrogen and oxygen atoms in total. The number of hydrogen-bond acceptors (Lipinski definition) is 5. The van der Waals surface area contributed by atoms with E-state index in [0.29, 0.717) is 12.6 Å². The largest absolute Gasteiger partial charge is 0.492 e. The van der Waals surface area contributed by atoms with Crippen LogP contribution in [0, 0.1) is 6.92 Å². The molecule has 110 valence electrons. The highest BCUT2D eigenvalue weighted by Crippen LogP contribution is 2.28. The molecular weight excluding hydrogens is 264 g/mol. The zero-order chi connectivity index (χ0) is 14.7. The first-order valence-corrected chi connectivity index (χ1v) is 7.35. The number of para-hydroxylation sites is 2. The Morgan fingerprint density at radius 2 is 1.95 bits per heavy atom. The third-order valence-electron chi connectivity index (χ3n) is 3.22. The van der Waals surface area contributed by atoms with Crippen LogP contribution in [0.4, 0.5) is 17.3 Å². The van der Waals surface area contributed by atoms with Crippen LogP contribution in [0.3, 0.4) is 0 Å². The van der Waals surface area contributed by atoms with E-state index in [1.54, 1.807) is 0 Å². The predicted molar refractivity (Wildman–Crippen MR) is 84.3 cm³/mol. The van der Waals surface area contributed by atoms with E-state index in [4.69, 9.17) is 4.74 Å². The average molecular weight is 284 g/mol. The Bertz CT molecular complexity index is 625. The van der Waals surface area contributed by atoms with E-state index in [0.717, 1.165) is 28.9 Å². The third-order valence-corrected chi connectivity index (χ3v) is 3.22. The number of aryl methyl sites for hydroxylation is 1. The summed E-state index contributed by atoms with van der Waals surface area (Å²) in [6.07, 6.45) is 2.44. The van der Waals surface area contributed by atoms with Crippen LogP contribution in [0.1, 0.15) is 25.6 Å². The van der Waals surface area contributed by atoms with E-state index in [9.17, 15) is 0 Å². The summed E-state index contributed by atoms with van der Waals surface area (Å²) in [4.78, 5) is 8.86. The van der Waals surface area contributed by atoms with E-state index in [1.807, 2.05) is 44.2 Å². The van der Waals surface area contributed by atoms with Gasteiger partial charge in [-0.1, -0.05) is 12.1 Å². The van der Waals surface area contributed by atoms with Gasteiger partial charge < -0.3 is 15.4 Å². The van der Waals surface area contributed by atoms with Crippen LogP contribution in [-0.2, 0) is 0 Å². The molecule has 1 aromatic heterocycles. The van der Waals surface area contributed by atoms with Gasteiger partial charge in [0.2, 0.25) is 0 Å². The molecule has 3 rings (SSSR count). The summed E-state index contributed by atoms with van der Waals surface area (Å²) in [5.41, 5.74) is 0.912. The Labute approximate surface area is 124 Å². The maximum absolute atomic E-state index is 5.62. The van der Waals surface area contributed by atoms with Crippen LogP contribution in [-0.4, -0.2) is 22.6 Å². The molecule has 1 aromatic carbocycles. The van der Waals surface area contributed by atoms with Gasteiger partial charge in [-0.05, 0) is 38.8 Å². The summed E-state index contributed by atoms with van der Waals surface area (Å²) in [6, 6.07) is 10.4. The summed E-state index contributed by atoms with van der Waals surface area (Å²) >= 11 is 0. The Hall–Kier alpha value is -2.30. The van der Waals surface area contributed by atoms with Crippen molar-refractivity contribution in [3.63, 3.8) is 0 Å². The molecule has 1 heterocycles. The fourth-order valence-corrected chi connectivity index (χ4v) is 2.13. The number of ether oxygens (including phenoxy) is 1. The molecular formula is C16H20N4O. The molecule has 0 unspecified atom stereocenters. The first-order valence-electron chi connectivity index (χ1n) is 7.35. The van der Waals surface area contributed by atoms with Crippen LogP contribution in [0.5, 0.6) is 5.75 Å². The van der Waals surface area contributed by atoms with Gasteiger partial charge in [0.15, 0.2) is 0 Å². The topological polar surface area (TPSA) is 59.1 Å². The van der Waals surface area contributed by atoms with Gasteiger partial charge in [0.25, 0.3) is 0 Å². The molecule has 1 aliphatic carbocycles. The highest BCUT2D eigenvalue weighted by atomic mass is 16.5. The Balaban J connectivity index is 1.81. The monoisotopic (exact) mass is 284 g/mol. The minimum absolute atomic E-state index is 0.572. The Morgan fingerprint density at radius 3 is 2.71 bits per heavy atom. The standard InChI is InChI=1S/C16H20N4O/c1-3-21-14-7-5-4-6-13(14)20-16-10-15(17-11(2)18-16)19-12-8-9-12/h4-7,10,12H,3,8-9H2,1-2H3,(H2,17,18,19,20). The van der Waals surface area contributed by atoms with Crippen LogP contribution in [0.25, 0.3) is 0 Å². The SMILES string of the molecule is CCOc1ccccc1Nc1cc(NC2CC2)nc(C)n1. The van der Waals surface area contributed by atoms with Crippen LogP contribution < -0.4 is 15.4 Å². The summed E-state index contributed by atoms with van der Waals surface area (Å²) < 4.78 is 5.62. The molecule has 2 aromatic rings. The van der Waals surface area contributed by atoms with E-state index < -0.39 is 0 Å². The molecule has 0 atom stereocenters.